The van der Waals surface area contributed by atoms with E-state index in [0.717, 1.165) is 31.3 Å². The highest BCUT2D eigenvalue weighted by Gasteiger charge is 2.04. The molecule has 0 bridgehead atoms. The van der Waals surface area contributed by atoms with E-state index < -0.39 is 0 Å². The maximum absolute atomic E-state index is 6.08. The summed E-state index contributed by atoms with van der Waals surface area (Å²) in [7, 11) is 0. The van der Waals surface area contributed by atoms with Crippen LogP contribution in [0.15, 0.2) is 40.9 Å². The molecular formula is C14H12BrCl2N. The second kappa shape index (κ2) is 5.96. The van der Waals surface area contributed by atoms with Crippen molar-refractivity contribution in [1.29, 1.82) is 0 Å². The summed E-state index contributed by atoms with van der Waals surface area (Å²) in [5.74, 6) is 0. The first-order valence-corrected chi connectivity index (χ1v) is 7.06. The van der Waals surface area contributed by atoms with Crippen molar-refractivity contribution in [3.8, 4) is 0 Å². The van der Waals surface area contributed by atoms with Crippen molar-refractivity contribution in [2.45, 2.75) is 13.5 Å². The van der Waals surface area contributed by atoms with Crippen LogP contribution in [0.4, 0.5) is 5.69 Å². The van der Waals surface area contributed by atoms with Crippen LogP contribution in [0, 0.1) is 6.92 Å². The van der Waals surface area contributed by atoms with Gasteiger partial charge in [-0.05, 0) is 48.4 Å². The van der Waals surface area contributed by atoms with E-state index >= 15 is 0 Å². The maximum atomic E-state index is 6.08. The molecule has 0 saturated heterocycles. The largest absolute Gasteiger partial charge is 0.381 e. The van der Waals surface area contributed by atoms with E-state index in [1.54, 1.807) is 0 Å². The third-order valence-corrected chi connectivity index (χ3v) is 4.16. The monoisotopic (exact) mass is 343 g/mol. The number of anilines is 1. The zero-order valence-corrected chi connectivity index (χ0v) is 12.9. The van der Waals surface area contributed by atoms with Gasteiger partial charge in [0.25, 0.3) is 0 Å². The predicted octanol–water partition coefficient (Wildman–Crippen LogP) is 5.68. The summed E-state index contributed by atoms with van der Waals surface area (Å²) in [6, 6.07) is 11.6. The Bertz CT molecular complexity index is 568. The fourth-order valence-corrected chi connectivity index (χ4v) is 2.42. The van der Waals surface area contributed by atoms with Crippen LogP contribution >= 0.6 is 39.1 Å². The fraction of sp³-hybridized carbons (Fsp3) is 0.143. The van der Waals surface area contributed by atoms with Crippen molar-refractivity contribution in [3.05, 3.63) is 62.0 Å². The van der Waals surface area contributed by atoms with Gasteiger partial charge >= 0.3 is 0 Å². The van der Waals surface area contributed by atoms with Gasteiger partial charge in [-0.3, -0.25) is 0 Å². The summed E-state index contributed by atoms with van der Waals surface area (Å²) >= 11 is 15.6. The molecular weight excluding hydrogens is 333 g/mol. The van der Waals surface area contributed by atoms with Gasteiger partial charge in [-0.1, -0.05) is 45.2 Å². The van der Waals surface area contributed by atoms with Gasteiger partial charge < -0.3 is 5.32 Å². The number of hydrogen-bond acceptors (Lipinski definition) is 1. The van der Waals surface area contributed by atoms with E-state index in [1.165, 1.54) is 0 Å². The minimum absolute atomic E-state index is 0.697. The molecule has 0 radical (unpaired) electrons. The predicted molar refractivity (Wildman–Crippen MR) is 82.7 cm³/mol. The molecule has 0 amide bonds. The van der Waals surface area contributed by atoms with Crippen molar-refractivity contribution in [3.63, 3.8) is 0 Å². The van der Waals surface area contributed by atoms with Crippen LogP contribution in [0.5, 0.6) is 0 Å². The van der Waals surface area contributed by atoms with Crippen molar-refractivity contribution in [2.75, 3.05) is 5.32 Å². The first kappa shape index (κ1) is 13.7. The second-order valence-corrected chi connectivity index (χ2v) is 5.70. The van der Waals surface area contributed by atoms with Gasteiger partial charge in [0.1, 0.15) is 0 Å². The number of hydrogen-bond donors (Lipinski definition) is 1. The van der Waals surface area contributed by atoms with E-state index in [-0.39, 0.29) is 0 Å². The van der Waals surface area contributed by atoms with Crippen molar-refractivity contribution >= 4 is 44.8 Å². The molecule has 2 rings (SSSR count). The molecule has 0 aliphatic heterocycles. The molecule has 0 aliphatic carbocycles. The van der Waals surface area contributed by atoms with Crippen LogP contribution in [0.25, 0.3) is 0 Å². The van der Waals surface area contributed by atoms with E-state index in [4.69, 9.17) is 23.2 Å². The highest BCUT2D eigenvalue weighted by Crippen LogP contribution is 2.25. The van der Waals surface area contributed by atoms with E-state index in [1.807, 2.05) is 43.3 Å². The maximum Gasteiger partial charge on any atom is 0.0455 e. The van der Waals surface area contributed by atoms with Crippen LogP contribution in [0.2, 0.25) is 10.0 Å². The number of halogens is 3. The first-order chi connectivity index (χ1) is 8.58. The topological polar surface area (TPSA) is 12.0 Å². The Morgan fingerprint density at radius 1 is 1.17 bits per heavy atom. The summed E-state index contributed by atoms with van der Waals surface area (Å²) < 4.78 is 1.04. The molecule has 0 saturated carbocycles. The molecule has 0 fully saturated rings. The molecule has 0 spiro atoms. The average Bonchev–Trinajstić information content (AvgIpc) is 2.35. The quantitative estimate of drug-likeness (QED) is 0.755. The third kappa shape index (κ3) is 3.19. The minimum atomic E-state index is 0.697. The van der Waals surface area contributed by atoms with Crippen LogP contribution in [-0.2, 0) is 6.54 Å². The third-order valence-electron chi connectivity index (χ3n) is 2.74. The van der Waals surface area contributed by atoms with Crippen LogP contribution < -0.4 is 5.32 Å². The Balaban J connectivity index is 2.16. The number of nitrogens with one attached hydrogen (secondary N) is 1. The van der Waals surface area contributed by atoms with E-state index in [2.05, 4.69) is 21.2 Å². The number of rotatable bonds is 3. The average molecular weight is 345 g/mol. The van der Waals surface area contributed by atoms with Crippen molar-refractivity contribution in [2.24, 2.45) is 0 Å². The second-order valence-electron chi connectivity index (χ2n) is 4.00. The van der Waals surface area contributed by atoms with Gasteiger partial charge in [0.2, 0.25) is 0 Å². The van der Waals surface area contributed by atoms with Gasteiger partial charge in [-0.25, -0.2) is 0 Å². The Kier molecular flexibility index (Phi) is 4.55. The lowest BCUT2D eigenvalue weighted by molar-refractivity contribution is 1.13. The normalized spacial score (nSPS) is 10.4. The molecule has 18 heavy (non-hydrogen) atoms. The summed E-state index contributed by atoms with van der Waals surface area (Å²) in [5, 5.41) is 4.87. The highest BCUT2D eigenvalue weighted by atomic mass is 79.9. The standard InChI is InChI=1S/C14H12BrCl2N/c1-9-13(17)3-2-4-14(9)18-8-10-7-11(16)5-6-12(10)15/h2-7,18H,8H2,1H3. The number of benzene rings is 2. The summed E-state index contributed by atoms with van der Waals surface area (Å²) in [6.45, 7) is 2.69. The lowest BCUT2D eigenvalue weighted by Gasteiger charge is -2.12. The Hall–Kier alpha value is -0.700. The molecule has 94 valence electrons. The lowest BCUT2D eigenvalue weighted by atomic mass is 10.2. The molecule has 0 unspecified atom stereocenters. The van der Waals surface area contributed by atoms with Crippen LogP contribution in [0.1, 0.15) is 11.1 Å². The SMILES string of the molecule is Cc1c(Cl)cccc1NCc1cc(Cl)ccc1Br. The molecule has 2 aromatic carbocycles. The van der Waals surface area contributed by atoms with Gasteiger partial charge in [0.05, 0.1) is 0 Å². The Labute approximate surface area is 125 Å². The van der Waals surface area contributed by atoms with Crippen LogP contribution in [0.3, 0.4) is 0 Å². The van der Waals surface area contributed by atoms with Crippen LogP contribution in [-0.4, -0.2) is 0 Å². The summed E-state index contributed by atoms with van der Waals surface area (Å²) in [6.07, 6.45) is 0. The van der Waals surface area contributed by atoms with E-state index in [0.29, 0.717) is 6.54 Å². The highest BCUT2D eigenvalue weighted by molar-refractivity contribution is 9.10. The smallest absolute Gasteiger partial charge is 0.0455 e. The summed E-state index contributed by atoms with van der Waals surface area (Å²) in [4.78, 5) is 0. The molecule has 2 aromatic rings. The van der Waals surface area contributed by atoms with E-state index in [9.17, 15) is 0 Å². The minimum Gasteiger partial charge on any atom is -0.381 e. The van der Waals surface area contributed by atoms with Gasteiger partial charge in [-0.15, -0.1) is 0 Å². The molecule has 0 aromatic heterocycles. The van der Waals surface area contributed by atoms with Crippen molar-refractivity contribution in [1.82, 2.24) is 0 Å². The summed E-state index contributed by atoms with van der Waals surface area (Å²) in [5.41, 5.74) is 3.20. The Morgan fingerprint density at radius 3 is 2.72 bits per heavy atom. The zero-order valence-electron chi connectivity index (χ0n) is 9.81. The Morgan fingerprint density at radius 2 is 1.94 bits per heavy atom. The zero-order chi connectivity index (χ0) is 13.1. The molecule has 0 atom stereocenters. The fourth-order valence-electron chi connectivity index (χ4n) is 1.67. The lowest BCUT2D eigenvalue weighted by Crippen LogP contribution is -2.02. The van der Waals surface area contributed by atoms with Gasteiger partial charge in [0.15, 0.2) is 0 Å². The molecule has 4 heteroatoms. The molecule has 1 N–H and O–H groups in total. The van der Waals surface area contributed by atoms with Gasteiger partial charge in [0, 0.05) is 26.8 Å². The molecule has 0 heterocycles. The first-order valence-electron chi connectivity index (χ1n) is 5.51. The molecule has 1 nitrogen and oxygen atoms in total. The molecule has 0 aliphatic rings. The van der Waals surface area contributed by atoms with Gasteiger partial charge in [-0.2, -0.15) is 0 Å². The van der Waals surface area contributed by atoms with Crippen molar-refractivity contribution < 1.29 is 0 Å².